The highest BCUT2D eigenvalue weighted by Crippen LogP contribution is 2.27. The summed E-state index contributed by atoms with van der Waals surface area (Å²) in [5.74, 6) is 1.77. The molecule has 0 aromatic heterocycles. The quantitative estimate of drug-likeness (QED) is 0.835. The second-order valence-corrected chi connectivity index (χ2v) is 6.13. The van der Waals surface area contributed by atoms with Crippen LogP contribution < -0.4 is 4.74 Å². The van der Waals surface area contributed by atoms with Crippen LogP contribution in [0, 0.1) is 5.92 Å². The van der Waals surface area contributed by atoms with E-state index in [9.17, 15) is 4.79 Å². The Balaban J connectivity index is 1.77. The first-order valence-electron chi connectivity index (χ1n) is 8.38. The fourth-order valence-corrected chi connectivity index (χ4v) is 3.14. The largest absolute Gasteiger partial charge is 0.457 e. The first kappa shape index (κ1) is 16.5. The molecule has 1 amide bonds. The van der Waals surface area contributed by atoms with E-state index < -0.39 is 0 Å². The minimum atomic E-state index is 0.0299. The van der Waals surface area contributed by atoms with Crippen LogP contribution in [-0.4, -0.2) is 37.6 Å². The Labute approximate surface area is 143 Å². The van der Waals surface area contributed by atoms with Crippen LogP contribution in [0.5, 0.6) is 11.5 Å². The summed E-state index contributed by atoms with van der Waals surface area (Å²) in [6.45, 7) is 2.23. The molecule has 0 saturated carbocycles. The van der Waals surface area contributed by atoms with E-state index in [-0.39, 0.29) is 5.91 Å². The van der Waals surface area contributed by atoms with Crippen molar-refractivity contribution in [2.24, 2.45) is 5.92 Å². The molecule has 2 aromatic rings. The Morgan fingerprint density at radius 2 is 1.88 bits per heavy atom. The fourth-order valence-electron chi connectivity index (χ4n) is 3.14. The van der Waals surface area contributed by atoms with Crippen molar-refractivity contribution >= 4 is 5.91 Å². The molecule has 0 bridgehead atoms. The maximum atomic E-state index is 13.0. The zero-order chi connectivity index (χ0) is 16.8. The number of benzene rings is 2. The third-order valence-electron chi connectivity index (χ3n) is 4.30. The van der Waals surface area contributed by atoms with Gasteiger partial charge < -0.3 is 14.4 Å². The van der Waals surface area contributed by atoms with Crippen LogP contribution in [-0.2, 0) is 4.74 Å². The molecular formula is C20H23NO3. The van der Waals surface area contributed by atoms with Crippen LogP contribution in [0.3, 0.4) is 0 Å². The van der Waals surface area contributed by atoms with E-state index in [1.807, 2.05) is 59.5 Å². The van der Waals surface area contributed by atoms with E-state index >= 15 is 0 Å². The van der Waals surface area contributed by atoms with Gasteiger partial charge >= 0.3 is 0 Å². The number of para-hydroxylation sites is 2. The molecule has 1 atom stereocenters. The minimum Gasteiger partial charge on any atom is -0.457 e. The molecule has 3 rings (SSSR count). The van der Waals surface area contributed by atoms with E-state index in [0.29, 0.717) is 23.8 Å². The minimum absolute atomic E-state index is 0.0299. The highest BCUT2D eigenvalue weighted by molar-refractivity contribution is 5.97. The van der Waals surface area contributed by atoms with E-state index in [1.165, 1.54) is 0 Å². The Morgan fingerprint density at radius 1 is 1.12 bits per heavy atom. The predicted octanol–water partition coefficient (Wildman–Crippen LogP) is 3.98. The van der Waals surface area contributed by atoms with Gasteiger partial charge in [-0.3, -0.25) is 4.79 Å². The highest BCUT2D eigenvalue weighted by Gasteiger charge is 2.26. The lowest BCUT2D eigenvalue weighted by molar-refractivity contribution is 0.0568. The molecule has 1 fully saturated rings. The van der Waals surface area contributed by atoms with Crippen LogP contribution in [0.1, 0.15) is 23.2 Å². The summed E-state index contributed by atoms with van der Waals surface area (Å²) >= 11 is 0. The lowest BCUT2D eigenvalue weighted by Gasteiger charge is -2.32. The lowest BCUT2D eigenvalue weighted by atomic mass is 9.98. The van der Waals surface area contributed by atoms with Crippen molar-refractivity contribution in [1.82, 2.24) is 4.90 Å². The third-order valence-corrected chi connectivity index (χ3v) is 4.30. The van der Waals surface area contributed by atoms with Crippen LogP contribution in [0.25, 0.3) is 0 Å². The summed E-state index contributed by atoms with van der Waals surface area (Å²) in [6.07, 6.45) is 2.13. The van der Waals surface area contributed by atoms with E-state index in [2.05, 4.69) is 0 Å². The topological polar surface area (TPSA) is 38.8 Å². The maximum Gasteiger partial charge on any atom is 0.257 e. The molecule has 0 N–H and O–H groups in total. The van der Waals surface area contributed by atoms with Gasteiger partial charge in [-0.1, -0.05) is 30.3 Å². The second-order valence-electron chi connectivity index (χ2n) is 6.13. The number of nitrogens with zero attached hydrogens (tertiary/aromatic N) is 1. The Bertz CT molecular complexity index is 670. The van der Waals surface area contributed by atoms with E-state index in [1.54, 1.807) is 7.11 Å². The number of hydrogen-bond acceptors (Lipinski definition) is 3. The van der Waals surface area contributed by atoms with Crippen LogP contribution in [0.15, 0.2) is 54.6 Å². The monoisotopic (exact) mass is 325 g/mol. The molecule has 0 radical (unpaired) electrons. The molecular weight excluding hydrogens is 302 g/mol. The van der Waals surface area contributed by atoms with Gasteiger partial charge in [0.2, 0.25) is 0 Å². The fraction of sp³-hybridized carbons (Fsp3) is 0.350. The van der Waals surface area contributed by atoms with Crippen LogP contribution >= 0.6 is 0 Å². The van der Waals surface area contributed by atoms with Crippen molar-refractivity contribution in [2.45, 2.75) is 12.8 Å². The summed E-state index contributed by atoms with van der Waals surface area (Å²) < 4.78 is 11.2. The van der Waals surface area contributed by atoms with Gasteiger partial charge in [0.15, 0.2) is 0 Å². The molecule has 1 heterocycles. The standard InChI is InChI=1S/C20H23NO3/c1-23-15-16-8-7-13-21(14-16)20(22)18-11-5-6-12-19(18)24-17-9-3-2-4-10-17/h2-6,9-12,16H,7-8,13-15H2,1H3. The molecule has 0 aliphatic carbocycles. The number of carbonyl (C=O) groups excluding carboxylic acids is 1. The number of hydrogen-bond donors (Lipinski definition) is 0. The summed E-state index contributed by atoms with van der Waals surface area (Å²) in [6, 6.07) is 17.0. The van der Waals surface area contributed by atoms with Crippen molar-refractivity contribution in [1.29, 1.82) is 0 Å². The number of piperidine rings is 1. The molecule has 1 aliphatic heterocycles. The molecule has 24 heavy (non-hydrogen) atoms. The average Bonchev–Trinajstić information content (AvgIpc) is 2.63. The molecule has 4 nitrogen and oxygen atoms in total. The number of carbonyl (C=O) groups is 1. The maximum absolute atomic E-state index is 13.0. The van der Waals surface area contributed by atoms with Gasteiger partial charge in [-0.2, -0.15) is 0 Å². The van der Waals surface area contributed by atoms with Gasteiger partial charge in [0, 0.05) is 20.2 Å². The number of amides is 1. The van der Waals surface area contributed by atoms with Crippen LogP contribution in [0.2, 0.25) is 0 Å². The van der Waals surface area contributed by atoms with Crippen LogP contribution in [0.4, 0.5) is 0 Å². The number of methoxy groups -OCH3 is 1. The number of rotatable bonds is 5. The molecule has 1 aliphatic rings. The highest BCUT2D eigenvalue weighted by atomic mass is 16.5. The van der Waals surface area contributed by atoms with Crippen molar-refractivity contribution in [2.75, 3.05) is 26.8 Å². The molecule has 126 valence electrons. The molecule has 1 unspecified atom stereocenters. The third kappa shape index (κ3) is 3.95. The Hall–Kier alpha value is -2.33. The van der Waals surface area contributed by atoms with Gasteiger partial charge in [-0.05, 0) is 43.0 Å². The van der Waals surface area contributed by atoms with Gasteiger partial charge in [0.25, 0.3) is 5.91 Å². The smallest absolute Gasteiger partial charge is 0.257 e. The SMILES string of the molecule is COCC1CCCN(C(=O)c2ccccc2Oc2ccccc2)C1. The Kier molecular flexibility index (Phi) is 5.49. The molecule has 2 aromatic carbocycles. The van der Waals surface area contributed by atoms with Gasteiger partial charge in [0.1, 0.15) is 11.5 Å². The predicted molar refractivity (Wildman–Crippen MR) is 93.5 cm³/mol. The van der Waals surface area contributed by atoms with Gasteiger partial charge in [0.05, 0.1) is 12.2 Å². The second kappa shape index (κ2) is 7.97. The zero-order valence-electron chi connectivity index (χ0n) is 14.0. The number of ether oxygens (including phenoxy) is 2. The molecule has 0 spiro atoms. The number of likely N-dealkylation sites (tertiary alicyclic amines) is 1. The van der Waals surface area contributed by atoms with Crippen molar-refractivity contribution in [3.8, 4) is 11.5 Å². The first-order chi connectivity index (χ1) is 11.8. The zero-order valence-corrected chi connectivity index (χ0v) is 14.0. The first-order valence-corrected chi connectivity index (χ1v) is 8.38. The molecule has 1 saturated heterocycles. The normalized spacial score (nSPS) is 17.5. The average molecular weight is 325 g/mol. The van der Waals surface area contributed by atoms with Gasteiger partial charge in [-0.15, -0.1) is 0 Å². The summed E-state index contributed by atoms with van der Waals surface area (Å²) in [5.41, 5.74) is 0.611. The summed E-state index contributed by atoms with van der Waals surface area (Å²) in [7, 11) is 1.71. The lowest BCUT2D eigenvalue weighted by Crippen LogP contribution is -2.41. The van der Waals surface area contributed by atoms with E-state index in [0.717, 1.165) is 31.7 Å². The molecule has 4 heteroatoms. The van der Waals surface area contributed by atoms with Crippen molar-refractivity contribution < 1.29 is 14.3 Å². The summed E-state index contributed by atoms with van der Waals surface area (Å²) in [5, 5.41) is 0. The van der Waals surface area contributed by atoms with E-state index in [4.69, 9.17) is 9.47 Å². The Morgan fingerprint density at radius 3 is 2.67 bits per heavy atom. The van der Waals surface area contributed by atoms with Crippen molar-refractivity contribution in [3.63, 3.8) is 0 Å². The van der Waals surface area contributed by atoms with Gasteiger partial charge in [-0.25, -0.2) is 0 Å². The van der Waals surface area contributed by atoms with Crippen molar-refractivity contribution in [3.05, 3.63) is 60.2 Å². The summed E-state index contributed by atoms with van der Waals surface area (Å²) in [4.78, 5) is 14.9.